The number of nitrogens with one attached hydrogen (secondary N) is 1. The van der Waals surface area contributed by atoms with Gasteiger partial charge in [0.2, 0.25) is 5.91 Å². The van der Waals surface area contributed by atoms with Gasteiger partial charge in [0, 0.05) is 5.69 Å². The molecule has 0 radical (unpaired) electrons. The van der Waals surface area contributed by atoms with Crippen LogP contribution in [0.25, 0.3) is 5.69 Å². The van der Waals surface area contributed by atoms with Gasteiger partial charge >= 0.3 is 0 Å². The summed E-state index contributed by atoms with van der Waals surface area (Å²) >= 11 is 1.22. The molecule has 0 saturated heterocycles. The van der Waals surface area contributed by atoms with Crippen molar-refractivity contribution in [3.8, 4) is 5.69 Å². The third kappa shape index (κ3) is 3.63. The first-order chi connectivity index (χ1) is 10.4. The van der Waals surface area contributed by atoms with Crippen molar-refractivity contribution in [3.05, 3.63) is 35.9 Å². The quantitative estimate of drug-likeness (QED) is 0.744. The summed E-state index contributed by atoms with van der Waals surface area (Å²) in [4.78, 5) is 12.2. The Balaban J connectivity index is 2.47. The number of carbonyl (C=O) groups excluding carboxylic acids is 1. The van der Waals surface area contributed by atoms with Crippen LogP contribution < -0.4 is 10.6 Å². The van der Waals surface area contributed by atoms with Crippen molar-refractivity contribution in [2.75, 3.05) is 19.8 Å². The Labute approximate surface area is 132 Å². The van der Waals surface area contributed by atoms with E-state index in [0.717, 1.165) is 11.5 Å². The minimum absolute atomic E-state index is 0.0838. The molecule has 0 bridgehead atoms. The molecule has 22 heavy (non-hydrogen) atoms. The monoisotopic (exact) mass is 324 g/mol. The van der Waals surface area contributed by atoms with Crippen LogP contribution in [0.5, 0.6) is 0 Å². The normalized spacial score (nSPS) is 12.6. The summed E-state index contributed by atoms with van der Waals surface area (Å²) in [5.74, 6) is 0.128. The van der Waals surface area contributed by atoms with Crippen molar-refractivity contribution in [2.24, 2.45) is 5.73 Å². The average Bonchev–Trinajstić information content (AvgIpc) is 2.88. The molecule has 2 aromatic rings. The minimum Gasteiger partial charge on any atom is -0.369 e. The van der Waals surface area contributed by atoms with E-state index in [9.17, 15) is 9.18 Å². The molecule has 0 spiro atoms. The maximum absolute atomic E-state index is 13.2. The fraction of sp³-hybridized carbons (Fsp3) is 0.357. The van der Waals surface area contributed by atoms with Gasteiger partial charge < -0.3 is 10.6 Å². The van der Waals surface area contributed by atoms with Gasteiger partial charge in [-0.1, -0.05) is 11.8 Å². The van der Waals surface area contributed by atoms with Crippen molar-refractivity contribution in [1.29, 1.82) is 0 Å². The average molecular weight is 324 g/mol. The molecular weight excluding hydrogens is 305 g/mol. The second kappa shape index (κ2) is 6.89. The molecule has 0 unspecified atom stereocenters. The Morgan fingerprint density at radius 1 is 1.36 bits per heavy atom. The second-order valence-corrected chi connectivity index (χ2v) is 6.15. The zero-order valence-corrected chi connectivity index (χ0v) is 13.5. The number of rotatable bonds is 6. The first-order valence-corrected chi connectivity index (χ1v) is 7.81. The molecule has 1 aromatic carbocycles. The number of quaternary nitrogens is 1. The molecule has 0 aliphatic rings. The Hall–Kier alpha value is -1.93. The number of amides is 1. The summed E-state index contributed by atoms with van der Waals surface area (Å²) in [6, 6.07) is 6.17. The zero-order valence-electron chi connectivity index (χ0n) is 12.7. The molecule has 2 rings (SSSR count). The van der Waals surface area contributed by atoms with Crippen molar-refractivity contribution in [3.63, 3.8) is 0 Å². The van der Waals surface area contributed by atoms with Crippen LogP contribution in [-0.4, -0.2) is 40.5 Å². The van der Waals surface area contributed by atoms with E-state index in [1.807, 2.05) is 25.6 Å². The molecule has 8 heteroatoms. The van der Waals surface area contributed by atoms with E-state index in [-0.39, 0.29) is 17.6 Å². The third-order valence-electron chi connectivity index (χ3n) is 3.34. The van der Waals surface area contributed by atoms with Gasteiger partial charge in [-0.15, -0.1) is 10.2 Å². The highest BCUT2D eigenvalue weighted by Gasteiger charge is 2.23. The summed E-state index contributed by atoms with van der Waals surface area (Å²) in [6.45, 7) is 2.03. The number of primary amides is 1. The summed E-state index contributed by atoms with van der Waals surface area (Å²) in [6.07, 6.45) is 0. The smallest absolute Gasteiger partial charge is 0.227 e. The van der Waals surface area contributed by atoms with Gasteiger partial charge in [0.25, 0.3) is 0 Å². The van der Waals surface area contributed by atoms with Crippen LogP contribution in [0.4, 0.5) is 4.39 Å². The maximum atomic E-state index is 13.2. The lowest BCUT2D eigenvalue weighted by Crippen LogP contribution is -3.05. The molecule has 0 aliphatic carbocycles. The van der Waals surface area contributed by atoms with Crippen LogP contribution >= 0.6 is 11.8 Å². The lowest BCUT2D eigenvalue weighted by Gasteiger charge is -2.18. The number of nitrogens with zero attached hydrogens (tertiary/aromatic N) is 3. The Bertz CT molecular complexity index is 656. The van der Waals surface area contributed by atoms with Gasteiger partial charge in [0.05, 0.1) is 19.8 Å². The largest absolute Gasteiger partial charge is 0.369 e. The summed E-state index contributed by atoms with van der Waals surface area (Å²) < 4.78 is 15.0. The Morgan fingerprint density at radius 3 is 2.55 bits per heavy atom. The third-order valence-corrected chi connectivity index (χ3v) is 4.29. The van der Waals surface area contributed by atoms with Crippen LogP contribution in [0.1, 0.15) is 18.8 Å². The predicted molar refractivity (Wildman–Crippen MR) is 82.5 cm³/mol. The van der Waals surface area contributed by atoms with Crippen LogP contribution in [0, 0.1) is 5.82 Å². The van der Waals surface area contributed by atoms with E-state index in [0.29, 0.717) is 5.16 Å². The van der Waals surface area contributed by atoms with Crippen LogP contribution in [0.2, 0.25) is 0 Å². The molecule has 3 N–H and O–H groups in total. The highest BCUT2D eigenvalue weighted by atomic mass is 32.2. The molecule has 1 aromatic heterocycles. The number of aromatic nitrogens is 3. The van der Waals surface area contributed by atoms with Gasteiger partial charge in [0.15, 0.2) is 11.0 Å². The fourth-order valence-electron chi connectivity index (χ4n) is 1.88. The highest BCUT2D eigenvalue weighted by Crippen LogP contribution is 2.24. The molecule has 0 saturated carbocycles. The van der Waals surface area contributed by atoms with E-state index in [4.69, 9.17) is 5.73 Å². The molecule has 1 amide bonds. The number of hydrogen-bond acceptors (Lipinski definition) is 4. The van der Waals surface area contributed by atoms with E-state index in [1.165, 1.54) is 28.8 Å². The van der Waals surface area contributed by atoms with Crippen molar-refractivity contribution in [2.45, 2.75) is 18.1 Å². The van der Waals surface area contributed by atoms with Gasteiger partial charge in [-0.3, -0.25) is 9.36 Å². The molecule has 1 heterocycles. The van der Waals surface area contributed by atoms with Gasteiger partial charge in [-0.2, -0.15) is 0 Å². The van der Waals surface area contributed by atoms with Gasteiger partial charge in [0.1, 0.15) is 11.9 Å². The Kier molecular flexibility index (Phi) is 5.15. The standard InChI is InChI=1S/C14H18FN5OS/c1-9(19(2)3)13-17-18-14(22-8-12(16)21)20(13)11-6-4-10(15)5-7-11/h4-7,9H,8H2,1-3H3,(H2,16,21)/p+1/t9-/m1/s1. The number of thioether (sulfide) groups is 1. The van der Waals surface area contributed by atoms with E-state index in [1.54, 1.807) is 12.1 Å². The number of benzene rings is 1. The predicted octanol–water partition coefficient (Wildman–Crippen LogP) is 0.189. The summed E-state index contributed by atoms with van der Waals surface area (Å²) in [5, 5.41) is 8.95. The van der Waals surface area contributed by atoms with Crippen LogP contribution in [0.15, 0.2) is 29.4 Å². The topological polar surface area (TPSA) is 78.2 Å². The van der Waals surface area contributed by atoms with Gasteiger partial charge in [-0.05, 0) is 31.2 Å². The maximum Gasteiger partial charge on any atom is 0.227 e. The highest BCUT2D eigenvalue weighted by molar-refractivity contribution is 7.99. The van der Waals surface area contributed by atoms with Crippen molar-refractivity contribution in [1.82, 2.24) is 14.8 Å². The SMILES string of the molecule is C[C@H](c1nnc(SCC(N)=O)n1-c1ccc(F)cc1)[NH+](C)C. The number of halogens is 1. The fourth-order valence-corrected chi connectivity index (χ4v) is 2.58. The number of hydrogen-bond donors (Lipinski definition) is 2. The first-order valence-electron chi connectivity index (χ1n) is 6.82. The van der Waals surface area contributed by atoms with Gasteiger partial charge in [-0.25, -0.2) is 4.39 Å². The summed E-state index contributed by atoms with van der Waals surface area (Å²) in [7, 11) is 4.04. The lowest BCUT2D eigenvalue weighted by molar-refractivity contribution is -0.890. The lowest BCUT2D eigenvalue weighted by atomic mass is 10.2. The molecule has 0 aliphatic heterocycles. The van der Waals surface area contributed by atoms with E-state index < -0.39 is 5.91 Å². The van der Waals surface area contributed by atoms with Crippen molar-refractivity contribution < 1.29 is 14.1 Å². The second-order valence-electron chi connectivity index (χ2n) is 5.21. The van der Waals surface area contributed by atoms with Crippen LogP contribution in [-0.2, 0) is 4.79 Å². The van der Waals surface area contributed by atoms with Crippen molar-refractivity contribution >= 4 is 17.7 Å². The molecule has 6 nitrogen and oxygen atoms in total. The first kappa shape index (κ1) is 16.4. The molecule has 1 atom stereocenters. The van der Waals surface area contributed by atoms with E-state index in [2.05, 4.69) is 10.2 Å². The molecular formula is C14H19FN5OS+. The molecule has 0 fully saturated rings. The summed E-state index contributed by atoms with van der Waals surface area (Å²) in [5.41, 5.74) is 5.94. The Morgan fingerprint density at radius 2 is 2.00 bits per heavy atom. The number of carbonyl (C=O) groups is 1. The van der Waals surface area contributed by atoms with Crippen LogP contribution in [0.3, 0.4) is 0 Å². The number of nitrogens with two attached hydrogens (primary N) is 1. The molecule has 118 valence electrons. The zero-order chi connectivity index (χ0) is 16.3. The minimum atomic E-state index is -0.425. The van der Waals surface area contributed by atoms with E-state index >= 15 is 0 Å².